The molecule has 0 saturated heterocycles. The number of rotatable bonds is 1. The monoisotopic (exact) mass is 127 g/mol. The second kappa shape index (κ2) is 1.31. The van der Waals surface area contributed by atoms with E-state index in [1.165, 1.54) is 0 Å². The van der Waals surface area contributed by atoms with E-state index in [2.05, 4.69) is 0 Å². The van der Waals surface area contributed by atoms with Crippen molar-refractivity contribution in [2.24, 2.45) is 10.8 Å². The van der Waals surface area contributed by atoms with Crippen LogP contribution in [-0.4, -0.2) is 5.97 Å². The van der Waals surface area contributed by atoms with Crippen LogP contribution in [0.3, 0.4) is 0 Å². The summed E-state index contributed by atoms with van der Waals surface area (Å²) in [5, 5.41) is 10.4. The van der Waals surface area contributed by atoms with Crippen molar-refractivity contribution in [3.63, 3.8) is 0 Å². The molecule has 1 fully saturated rings. The lowest BCUT2D eigenvalue weighted by Crippen LogP contribution is -2.14. The normalized spacial score (nSPS) is 38.1. The molecule has 9 heavy (non-hydrogen) atoms. The molecule has 2 heteroatoms. The molecule has 1 saturated carbocycles. The minimum absolute atomic E-state index is 0.0359. The van der Waals surface area contributed by atoms with Gasteiger partial charge in [-0.1, -0.05) is 13.8 Å². The van der Waals surface area contributed by atoms with Crippen LogP contribution in [0.4, 0.5) is 0 Å². The lowest BCUT2D eigenvalue weighted by Gasteiger charge is -2.04. The van der Waals surface area contributed by atoms with Gasteiger partial charge in [0.05, 0.1) is 5.41 Å². The van der Waals surface area contributed by atoms with Crippen molar-refractivity contribution in [1.82, 2.24) is 0 Å². The van der Waals surface area contributed by atoms with E-state index in [0.29, 0.717) is 0 Å². The Kier molecular flexibility index (Phi) is 0.956. The highest BCUT2D eigenvalue weighted by Crippen LogP contribution is 2.63. The predicted molar refractivity (Wildman–Crippen MR) is 32.2 cm³/mol. The van der Waals surface area contributed by atoms with E-state index in [0.717, 1.165) is 6.42 Å². The molecule has 0 aromatic rings. The Morgan fingerprint density at radius 3 is 1.67 bits per heavy atom. The van der Waals surface area contributed by atoms with Crippen molar-refractivity contribution in [2.75, 3.05) is 0 Å². The lowest BCUT2D eigenvalue weighted by molar-refractivity contribution is -0.150. The van der Waals surface area contributed by atoms with E-state index < -0.39 is 11.4 Å². The van der Waals surface area contributed by atoms with Crippen LogP contribution in [0.25, 0.3) is 0 Å². The number of hydrogen-bond acceptors (Lipinski definition) is 1. The van der Waals surface area contributed by atoms with Gasteiger partial charge < -0.3 is 0 Å². The predicted octanol–water partition coefficient (Wildman–Crippen LogP) is 1.38. The molecule has 1 rings (SSSR count). The zero-order valence-corrected chi connectivity index (χ0v) is 6.02. The van der Waals surface area contributed by atoms with Crippen LogP contribution >= 0.6 is 0 Å². The van der Waals surface area contributed by atoms with Crippen molar-refractivity contribution in [3.05, 3.63) is 0 Å². The number of hydrogen-bond donors (Lipinski definition) is 0. The minimum Gasteiger partial charge on any atom is -0.247 e. The molecule has 0 bridgehead atoms. The van der Waals surface area contributed by atoms with E-state index in [1.807, 2.05) is 13.8 Å². The van der Waals surface area contributed by atoms with Crippen molar-refractivity contribution in [3.8, 4) is 0 Å². The minimum atomic E-state index is -0.910. The van der Waals surface area contributed by atoms with Crippen LogP contribution < -0.4 is 0 Å². The summed E-state index contributed by atoms with van der Waals surface area (Å²) in [5.41, 5.74) is -0.584. The summed E-state index contributed by atoms with van der Waals surface area (Å²) >= 11 is 0. The first-order valence-electron chi connectivity index (χ1n) is 3.12. The summed E-state index contributed by atoms with van der Waals surface area (Å²) in [4.78, 5) is 10.4. The maximum Gasteiger partial charge on any atom is 0.361 e. The Morgan fingerprint density at radius 1 is 1.33 bits per heavy atom. The molecule has 0 aliphatic heterocycles. The molecule has 0 aromatic carbocycles. The highest BCUT2D eigenvalue weighted by atomic mass is 16.4. The zero-order chi connectivity index (χ0) is 7.28. The Balaban J connectivity index is 2.74. The average Bonchev–Trinajstić information content (AvgIpc) is 2.08. The SMILES string of the molecule is CC1(C)CC1(C)C([O])=O. The molecule has 51 valence electrons. The van der Waals surface area contributed by atoms with Crippen molar-refractivity contribution >= 4 is 5.97 Å². The Bertz CT molecular complexity index is 160. The Hall–Kier alpha value is -0.530. The van der Waals surface area contributed by atoms with Gasteiger partial charge in [-0.25, -0.2) is 9.90 Å². The molecule has 0 heterocycles. The summed E-state index contributed by atoms with van der Waals surface area (Å²) in [6.45, 7) is 5.63. The molecule has 1 aliphatic carbocycles. The van der Waals surface area contributed by atoms with Crippen LogP contribution in [0.2, 0.25) is 0 Å². The van der Waals surface area contributed by atoms with E-state index in [4.69, 9.17) is 0 Å². The van der Waals surface area contributed by atoms with Crippen LogP contribution in [0, 0.1) is 10.8 Å². The Labute approximate surface area is 54.9 Å². The number of carbonyl (C=O) groups excluding carboxylic acids is 1. The fourth-order valence-corrected chi connectivity index (χ4v) is 1.19. The summed E-state index contributed by atoms with van der Waals surface area (Å²) in [7, 11) is 0. The maximum absolute atomic E-state index is 10.4. The molecule has 0 N–H and O–H groups in total. The van der Waals surface area contributed by atoms with Gasteiger partial charge in [0.15, 0.2) is 0 Å². The first-order valence-corrected chi connectivity index (χ1v) is 3.12. The van der Waals surface area contributed by atoms with Gasteiger partial charge in [0.25, 0.3) is 0 Å². The van der Waals surface area contributed by atoms with E-state index in [-0.39, 0.29) is 5.41 Å². The molecule has 2 nitrogen and oxygen atoms in total. The zero-order valence-electron chi connectivity index (χ0n) is 6.02. The average molecular weight is 127 g/mol. The van der Waals surface area contributed by atoms with Gasteiger partial charge >= 0.3 is 5.97 Å². The maximum atomic E-state index is 10.4. The second-order valence-corrected chi connectivity index (χ2v) is 3.68. The molecule has 1 atom stereocenters. The van der Waals surface area contributed by atoms with E-state index in [9.17, 15) is 9.90 Å². The Morgan fingerprint density at radius 2 is 1.67 bits per heavy atom. The smallest absolute Gasteiger partial charge is 0.247 e. The third-order valence-electron chi connectivity index (χ3n) is 2.61. The third-order valence-corrected chi connectivity index (χ3v) is 2.61. The van der Waals surface area contributed by atoms with Gasteiger partial charge in [-0.05, 0) is 18.8 Å². The van der Waals surface area contributed by atoms with Crippen molar-refractivity contribution < 1.29 is 9.90 Å². The van der Waals surface area contributed by atoms with Gasteiger partial charge in [0.1, 0.15) is 0 Å². The van der Waals surface area contributed by atoms with Crippen LogP contribution in [0.5, 0.6) is 0 Å². The van der Waals surface area contributed by atoms with Crippen molar-refractivity contribution in [1.29, 1.82) is 0 Å². The fraction of sp³-hybridized carbons (Fsp3) is 0.857. The molecule has 1 radical (unpaired) electrons. The second-order valence-electron chi connectivity index (χ2n) is 3.68. The number of carbonyl (C=O) groups is 1. The molecular weight excluding hydrogens is 116 g/mol. The molecule has 0 spiro atoms. The summed E-state index contributed by atoms with van der Waals surface area (Å²) in [5.74, 6) is -0.910. The van der Waals surface area contributed by atoms with Gasteiger partial charge in [-0.15, -0.1) is 0 Å². The van der Waals surface area contributed by atoms with E-state index >= 15 is 0 Å². The summed E-state index contributed by atoms with van der Waals surface area (Å²) < 4.78 is 0. The molecule has 0 aromatic heterocycles. The first kappa shape index (κ1) is 6.59. The summed E-state index contributed by atoms with van der Waals surface area (Å²) in [6, 6.07) is 0. The third kappa shape index (κ3) is 0.655. The topological polar surface area (TPSA) is 37.0 Å². The fourth-order valence-electron chi connectivity index (χ4n) is 1.19. The first-order chi connectivity index (χ1) is 3.90. The van der Waals surface area contributed by atoms with Gasteiger partial charge in [-0.2, -0.15) is 0 Å². The summed E-state index contributed by atoms with van der Waals surface area (Å²) in [6.07, 6.45) is 0.752. The van der Waals surface area contributed by atoms with Gasteiger partial charge in [0.2, 0.25) is 0 Å². The van der Waals surface area contributed by atoms with Crippen molar-refractivity contribution in [2.45, 2.75) is 27.2 Å². The highest BCUT2D eigenvalue weighted by Gasteiger charge is 2.63. The van der Waals surface area contributed by atoms with Crippen LogP contribution in [-0.2, 0) is 9.90 Å². The van der Waals surface area contributed by atoms with Gasteiger partial charge in [-0.3, -0.25) is 0 Å². The van der Waals surface area contributed by atoms with Crippen LogP contribution in [0.1, 0.15) is 27.2 Å². The highest BCUT2D eigenvalue weighted by molar-refractivity contribution is 5.78. The molecular formula is C7H11O2. The molecule has 0 amide bonds. The standard InChI is InChI=1S/C7H11O2/c1-6(2)4-7(6,3)5(8)9/h4H2,1-3H3. The lowest BCUT2D eigenvalue weighted by atomic mass is 9.99. The molecule has 1 unspecified atom stereocenters. The van der Waals surface area contributed by atoms with E-state index in [1.54, 1.807) is 6.92 Å². The molecule has 1 aliphatic rings. The van der Waals surface area contributed by atoms with Crippen LogP contribution in [0.15, 0.2) is 0 Å². The quantitative estimate of drug-likeness (QED) is 0.524. The van der Waals surface area contributed by atoms with Gasteiger partial charge in [0, 0.05) is 0 Å². The largest absolute Gasteiger partial charge is 0.361 e.